The molecule has 2 aromatic carbocycles. The molecule has 3 atom stereocenters. The monoisotopic (exact) mass is 495 g/mol. The van der Waals surface area contributed by atoms with E-state index in [2.05, 4.69) is 25.3 Å². The highest BCUT2D eigenvalue weighted by Gasteiger charge is 2.36. The molecule has 0 spiro atoms. The zero-order valence-corrected chi connectivity index (χ0v) is 19.7. The molecule has 1 aromatic heterocycles. The lowest BCUT2D eigenvalue weighted by Crippen LogP contribution is -2.34. The van der Waals surface area contributed by atoms with Crippen LogP contribution >= 0.6 is 11.6 Å². The number of aliphatic hydroxyl groups excluding tert-OH is 1. The molecule has 0 radical (unpaired) electrons. The zero-order chi connectivity index (χ0) is 23.9. The molecule has 0 aliphatic carbocycles. The maximum atomic E-state index is 14.8. The van der Waals surface area contributed by atoms with E-state index in [1.165, 1.54) is 18.2 Å². The highest BCUT2D eigenvalue weighted by molar-refractivity contribution is 7.89. The zero-order valence-electron chi connectivity index (χ0n) is 18.1. The van der Waals surface area contributed by atoms with E-state index in [1.54, 1.807) is 19.9 Å². The summed E-state index contributed by atoms with van der Waals surface area (Å²) in [4.78, 5) is -0.192. The summed E-state index contributed by atoms with van der Waals surface area (Å²) in [5.41, 5.74) is 2.13. The SMILES string of the molecule is Cc1ccc(F)c([C@@H](C)[C@H](NS(=O)(=O)c2ccc(Cl)c3c2OCC[C@H]3O)c2nn[nH]n2)c1C. The number of aromatic nitrogens is 4. The van der Waals surface area contributed by atoms with Crippen molar-refractivity contribution in [2.24, 2.45) is 0 Å². The molecule has 12 heteroatoms. The van der Waals surface area contributed by atoms with Gasteiger partial charge in [-0.25, -0.2) is 12.8 Å². The molecule has 0 saturated carbocycles. The summed E-state index contributed by atoms with van der Waals surface area (Å²) in [6.07, 6.45) is -0.662. The molecule has 0 fully saturated rings. The van der Waals surface area contributed by atoms with Gasteiger partial charge in [0.15, 0.2) is 5.82 Å². The Hall–Kier alpha value is -2.60. The second kappa shape index (κ2) is 8.98. The van der Waals surface area contributed by atoms with Crippen LogP contribution in [0.3, 0.4) is 0 Å². The third-order valence-corrected chi connectivity index (χ3v) is 7.77. The summed E-state index contributed by atoms with van der Waals surface area (Å²) < 4.78 is 50.0. The molecule has 3 aromatic rings. The van der Waals surface area contributed by atoms with Crippen molar-refractivity contribution in [2.75, 3.05) is 6.61 Å². The number of fused-ring (bicyclic) bond motifs is 1. The molecule has 0 bridgehead atoms. The Morgan fingerprint density at radius 3 is 2.76 bits per heavy atom. The predicted molar refractivity (Wildman–Crippen MR) is 118 cm³/mol. The maximum Gasteiger partial charge on any atom is 0.244 e. The molecule has 0 saturated heterocycles. The Labute approximate surface area is 195 Å². The lowest BCUT2D eigenvalue weighted by atomic mass is 9.88. The number of rotatable bonds is 6. The maximum absolute atomic E-state index is 14.8. The molecule has 2 heterocycles. The molecule has 1 aliphatic heterocycles. The summed E-state index contributed by atoms with van der Waals surface area (Å²) in [7, 11) is -4.24. The van der Waals surface area contributed by atoms with Crippen LogP contribution < -0.4 is 9.46 Å². The Kier molecular flexibility index (Phi) is 6.41. The first-order chi connectivity index (χ1) is 15.6. The number of sulfonamides is 1. The van der Waals surface area contributed by atoms with Crippen molar-refractivity contribution in [3.63, 3.8) is 0 Å². The van der Waals surface area contributed by atoms with E-state index in [-0.39, 0.29) is 40.1 Å². The molecule has 176 valence electrons. The van der Waals surface area contributed by atoms with E-state index >= 15 is 0 Å². The van der Waals surface area contributed by atoms with Crippen molar-refractivity contribution < 1.29 is 22.7 Å². The van der Waals surface area contributed by atoms with Crippen LogP contribution in [0.15, 0.2) is 29.2 Å². The number of tetrazole rings is 1. The number of hydrogen-bond acceptors (Lipinski definition) is 7. The normalized spacial score (nSPS) is 17.8. The molecule has 0 unspecified atom stereocenters. The summed E-state index contributed by atoms with van der Waals surface area (Å²) in [5, 5.41) is 24.3. The number of ether oxygens (including phenoxy) is 1. The van der Waals surface area contributed by atoms with E-state index in [1.807, 2.05) is 6.92 Å². The third kappa shape index (κ3) is 4.33. The number of hydrogen-bond donors (Lipinski definition) is 3. The summed E-state index contributed by atoms with van der Waals surface area (Å²) in [5.74, 6) is -1.11. The average Bonchev–Trinajstić information content (AvgIpc) is 3.29. The van der Waals surface area contributed by atoms with Crippen molar-refractivity contribution in [1.82, 2.24) is 25.3 Å². The highest BCUT2D eigenvalue weighted by Crippen LogP contribution is 2.42. The minimum atomic E-state index is -4.24. The number of aliphatic hydroxyl groups is 1. The first-order valence-corrected chi connectivity index (χ1v) is 12.1. The summed E-state index contributed by atoms with van der Waals surface area (Å²) in [6.45, 7) is 5.44. The largest absolute Gasteiger partial charge is 0.492 e. The van der Waals surface area contributed by atoms with Gasteiger partial charge in [0.2, 0.25) is 10.0 Å². The van der Waals surface area contributed by atoms with Gasteiger partial charge < -0.3 is 9.84 Å². The smallest absolute Gasteiger partial charge is 0.244 e. The molecule has 1 aliphatic rings. The van der Waals surface area contributed by atoms with Crippen LogP contribution in [0.1, 0.15) is 59.5 Å². The number of H-pyrrole nitrogens is 1. The van der Waals surface area contributed by atoms with Gasteiger partial charge in [-0.2, -0.15) is 9.94 Å². The van der Waals surface area contributed by atoms with Crippen molar-refractivity contribution in [3.8, 4) is 5.75 Å². The van der Waals surface area contributed by atoms with E-state index in [9.17, 15) is 17.9 Å². The van der Waals surface area contributed by atoms with E-state index < -0.39 is 33.9 Å². The van der Waals surface area contributed by atoms with Gasteiger partial charge in [0.05, 0.1) is 23.8 Å². The lowest BCUT2D eigenvalue weighted by molar-refractivity contribution is 0.113. The molecular formula is C21H23ClFN5O4S. The Morgan fingerprint density at radius 2 is 2.06 bits per heavy atom. The molecule has 4 rings (SSSR count). The number of benzene rings is 2. The first-order valence-electron chi connectivity index (χ1n) is 10.3. The number of nitrogens with one attached hydrogen (secondary N) is 2. The van der Waals surface area contributed by atoms with Crippen LogP contribution in [0.5, 0.6) is 5.75 Å². The van der Waals surface area contributed by atoms with Gasteiger partial charge in [-0.15, -0.1) is 10.2 Å². The van der Waals surface area contributed by atoms with Gasteiger partial charge in [0.25, 0.3) is 0 Å². The standard InChI is InChI=1S/C21H23ClFN5O4S/c1-10-4-6-14(23)17(11(10)2)12(3)19(21-24-27-28-25-21)26-33(30,31)16-7-5-13(22)18-15(29)8-9-32-20(16)18/h4-7,12,15,19,26,29H,8-9H2,1-3H3,(H,24,25,27,28)/t12-,15-,19+/m1/s1. The third-order valence-electron chi connectivity index (χ3n) is 5.98. The molecule has 33 heavy (non-hydrogen) atoms. The van der Waals surface area contributed by atoms with E-state index in [0.717, 1.165) is 5.56 Å². The molecule has 9 nitrogen and oxygen atoms in total. The minimum Gasteiger partial charge on any atom is -0.492 e. The Balaban J connectivity index is 1.79. The quantitative estimate of drug-likeness (QED) is 0.478. The van der Waals surface area contributed by atoms with Gasteiger partial charge in [0, 0.05) is 17.9 Å². The second-order valence-corrected chi connectivity index (χ2v) is 10.1. The van der Waals surface area contributed by atoms with Gasteiger partial charge in [-0.1, -0.05) is 29.8 Å². The summed E-state index contributed by atoms with van der Waals surface area (Å²) in [6, 6.07) is 4.66. The highest BCUT2D eigenvalue weighted by atomic mass is 35.5. The van der Waals surface area contributed by atoms with Crippen LogP contribution in [0.4, 0.5) is 4.39 Å². The lowest BCUT2D eigenvalue weighted by Gasteiger charge is -2.28. The van der Waals surface area contributed by atoms with Crippen LogP contribution in [-0.2, 0) is 10.0 Å². The minimum absolute atomic E-state index is 0.00817. The van der Waals surface area contributed by atoms with Gasteiger partial charge in [-0.05, 0) is 48.7 Å². The molecule has 3 N–H and O–H groups in total. The predicted octanol–water partition coefficient (Wildman–Crippen LogP) is 3.25. The van der Waals surface area contributed by atoms with Crippen molar-refractivity contribution in [1.29, 1.82) is 0 Å². The van der Waals surface area contributed by atoms with Gasteiger partial charge >= 0.3 is 0 Å². The topological polar surface area (TPSA) is 130 Å². The van der Waals surface area contributed by atoms with Crippen LogP contribution in [-0.4, -0.2) is 40.8 Å². The van der Waals surface area contributed by atoms with Crippen LogP contribution in [0.2, 0.25) is 5.02 Å². The van der Waals surface area contributed by atoms with Crippen LogP contribution in [0, 0.1) is 19.7 Å². The number of aryl methyl sites for hydroxylation is 1. The number of nitrogens with zero attached hydrogens (tertiary/aromatic N) is 3. The molecule has 0 amide bonds. The van der Waals surface area contributed by atoms with Crippen molar-refractivity contribution in [2.45, 2.75) is 50.2 Å². The first kappa shape index (κ1) is 23.6. The molecular weight excluding hydrogens is 473 g/mol. The second-order valence-electron chi connectivity index (χ2n) is 8.00. The van der Waals surface area contributed by atoms with Gasteiger partial charge in [0.1, 0.15) is 16.5 Å². The van der Waals surface area contributed by atoms with Gasteiger partial charge in [-0.3, -0.25) is 0 Å². The number of halogens is 2. The Bertz CT molecular complexity index is 1290. The van der Waals surface area contributed by atoms with E-state index in [0.29, 0.717) is 11.1 Å². The Morgan fingerprint density at radius 1 is 1.30 bits per heavy atom. The average molecular weight is 496 g/mol. The van der Waals surface area contributed by atoms with E-state index in [4.69, 9.17) is 16.3 Å². The fourth-order valence-corrected chi connectivity index (χ4v) is 5.79. The van der Waals surface area contributed by atoms with Crippen molar-refractivity contribution in [3.05, 3.63) is 63.2 Å². The number of aromatic amines is 1. The van der Waals surface area contributed by atoms with Crippen LogP contribution in [0.25, 0.3) is 0 Å². The van der Waals surface area contributed by atoms with Crippen molar-refractivity contribution >= 4 is 21.6 Å². The summed E-state index contributed by atoms with van der Waals surface area (Å²) >= 11 is 6.20. The fraction of sp³-hybridized carbons (Fsp3) is 0.381. The fourth-order valence-electron chi connectivity index (χ4n) is 4.08.